The summed E-state index contributed by atoms with van der Waals surface area (Å²) in [5.41, 5.74) is 4.15. The van der Waals surface area contributed by atoms with Gasteiger partial charge in [0, 0.05) is 19.6 Å². The van der Waals surface area contributed by atoms with Gasteiger partial charge in [0.05, 0.1) is 23.0 Å². The fourth-order valence-corrected chi connectivity index (χ4v) is 3.83. The smallest absolute Gasteiger partial charge is 0.227 e. The molecule has 2 aromatic carbocycles. The standard InChI is InChI=1S/C25H31N3O2/c1-18-8-7-11-23(14-18)30-25-24(17-27(15-19(2)29)16-21-12-13-21)20(3)26-28(25)22-9-5-4-6-10-22/h4-11,14,19,21,29H,12-13,15-17H2,1-3H3. The third-order valence-corrected chi connectivity index (χ3v) is 5.46. The first-order chi connectivity index (χ1) is 14.5. The van der Waals surface area contributed by atoms with Crippen LogP contribution in [0.3, 0.4) is 0 Å². The summed E-state index contributed by atoms with van der Waals surface area (Å²) in [6.07, 6.45) is 2.20. The van der Waals surface area contributed by atoms with E-state index in [-0.39, 0.29) is 6.10 Å². The molecule has 5 nitrogen and oxygen atoms in total. The van der Waals surface area contributed by atoms with Crippen LogP contribution in [-0.4, -0.2) is 39.0 Å². The van der Waals surface area contributed by atoms with Crippen molar-refractivity contribution in [2.24, 2.45) is 5.92 Å². The van der Waals surface area contributed by atoms with Crippen LogP contribution in [0.25, 0.3) is 5.69 Å². The van der Waals surface area contributed by atoms with Gasteiger partial charge in [0.15, 0.2) is 0 Å². The number of ether oxygens (including phenoxy) is 1. The summed E-state index contributed by atoms with van der Waals surface area (Å²) < 4.78 is 8.33. The van der Waals surface area contributed by atoms with E-state index in [4.69, 9.17) is 9.84 Å². The van der Waals surface area contributed by atoms with Gasteiger partial charge in [-0.15, -0.1) is 0 Å². The van der Waals surface area contributed by atoms with Gasteiger partial charge in [0.25, 0.3) is 0 Å². The molecule has 30 heavy (non-hydrogen) atoms. The first-order valence-electron chi connectivity index (χ1n) is 10.8. The molecule has 0 bridgehead atoms. The van der Waals surface area contributed by atoms with Crippen molar-refractivity contribution in [1.82, 2.24) is 14.7 Å². The number of aromatic nitrogens is 2. The van der Waals surface area contributed by atoms with Crippen LogP contribution in [0.1, 0.15) is 36.6 Å². The minimum Gasteiger partial charge on any atom is -0.439 e. The Balaban J connectivity index is 1.71. The minimum absolute atomic E-state index is 0.366. The molecule has 0 aliphatic heterocycles. The van der Waals surface area contributed by atoms with E-state index in [0.717, 1.165) is 46.6 Å². The molecule has 1 saturated carbocycles. The van der Waals surface area contributed by atoms with Gasteiger partial charge in [-0.2, -0.15) is 5.10 Å². The lowest BCUT2D eigenvalue weighted by Gasteiger charge is -2.24. The van der Waals surface area contributed by atoms with Crippen LogP contribution < -0.4 is 4.74 Å². The number of aliphatic hydroxyl groups is 1. The van der Waals surface area contributed by atoms with Crippen LogP contribution in [-0.2, 0) is 6.54 Å². The van der Waals surface area contributed by atoms with Gasteiger partial charge in [0.2, 0.25) is 5.88 Å². The van der Waals surface area contributed by atoms with Crippen molar-refractivity contribution in [3.63, 3.8) is 0 Å². The maximum absolute atomic E-state index is 10.0. The number of benzene rings is 2. The number of nitrogens with zero attached hydrogens (tertiary/aromatic N) is 3. The zero-order valence-electron chi connectivity index (χ0n) is 18.1. The van der Waals surface area contributed by atoms with Gasteiger partial charge in [0.1, 0.15) is 5.75 Å². The maximum Gasteiger partial charge on any atom is 0.227 e. The normalized spacial score (nSPS) is 14.8. The molecule has 1 fully saturated rings. The van der Waals surface area contributed by atoms with E-state index in [2.05, 4.69) is 17.9 Å². The van der Waals surface area contributed by atoms with E-state index in [0.29, 0.717) is 13.1 Å². The van der Waals surface area contributed by atoms with Gasteiger partial charge in [-0.25, -0.2) is 4.68 Å². The molecule has 0 amide bonds. The molecule has 1 unspecified atom stereocenters. The maximum atomic E-state index is 10.0. The van der Waals surface area contributed by atoms with Crippen LogP contribution in [0, 0.1) is 19.8 Å². The highest BCUT2D eigenvalue weighted by molar-refractivity contribution is 5.43. The second kappa shape index (κ2) is 9.02. The third kappa shape index (κ3) is 5.10. The Morgan fingerprint density at radius 3 is 2.57 bits per heavy atom. The van der Waals surface area contributed by atoms with Crippen LogP contribution >= 0.6 is 0 Å². The zero-order valence-corrected chi connectivity index (χ0v) is 18.1. The average Bonchev–Trinajstić information content (AvgIpc) is 3.47. The minimum atomic E-state index is -0.366. The van der Waals surface area contributed by atoms with Crippen LogP contribution in [0.15, 0.2) is 54.6 Å². The van der Waals surface area contributed by atoms with Gasteiger partial charge >= 0.3 is 0 Å². The van der Waals surface area contributed by atoms with Crippen molar-refractivity contribution in [1.29, 1.82) is 0 Å². The molecule has 0 saturated heterocycles. The quantitative estimate of drug-likeness (QED) is 0.552. The number of aryl methyl sites for hydroxylation is 2. The predicted octanol–water partition coefficient (Wildman–Crippen LogP) is 4.87. The highest BCUT2D eigenvalue weighted by atomic mass is 16.5. The van der Waals surface area contributed by atoms with E-state index < -0.39 is 0 Å². The highest BCUT2D eigenvalue weighted by Gasteiger charge is 2.27. The molecule has 1 atom stereocenters. The molecule has 5 heteroatoms. The molecule has 158 valence electrons. The first kappa shape index (κ1) is 20.6. The van der Waals surface area contributed by atoms with E-state index in [1.54, 1.807) is 0 Å². The molecule has 0 radical (unpaired) electrons. The molecular weight excluding hydrogens is 374 g/mol. The zero-order chi connectivity index (χ0) is 21.1. The molecule has 3 aromatic rings. The third-order valence-electron chi connectivity index (χ3n) is 5.46. The Kier molecular flexibility index (Phi) is 6.21. The molecule has 1 aromatic heterocycles. The van der Waals surface area contributed by atoms with Crippen molar-refractivity contribution in [2.45, 2.75) is 46.3 Å². The number of aliphatic hydroxyl groups excluding tert-OH is 1. The van der Waals surface area contributed by atoms with Crippen molar-refractivity contribution < 1.29 is 9.84 Å². The number of hydrogen-bond acceptors (Lipinski definition) is 4. The van der Waals surface area contributed by atoms with E-state index >= 15 is 0 Å². The van der Waals surface area contributed by atoms with E-state index in [1.165, 1.54) is 12.8 Å². The predicted molar refractivity (Wildman–Crippen MR) is 119 cm³/mol. The Bertz CT molecular complexity index is 973. The van der Waals surface area contributed by atoms with Gasteiger partial charge in [-0.3, -0.25) is 4.90 Å². The molecule has 1 heterocycles. The summed E-state index contributed by atoms with van der Waals surface area (Å²) in [6, 6.07) is 18.2. The monoisotopic (exact) mass is 405 g/mol. The average molecular weight is 406 g/mol. The van der Waals surface area contributed by atoms with Crippen LogP contribution in [0.2, 0.25) is 0 Å². The second-order valence-corrected chi connectivity index (χ2v) is 8.52. The van der Waals surface area contributed by atoms with Crippen molar-refractivity contribution in [2.75, 3.05) is 13.1 Å². The molecule has 1 N–H and O–H groups in total. The molecule has 0 spiro atoms. The Hall–Kier alpha value is -2.63. The Labute approximate surface area is 178 Å². The van der Waals surface area contributed by atoms with Gasteiger partial charge in [-0.1, -0.05) is 30.3 Å². The SMILES string of the molecule is Cc1cccc(Oc2c(CN(CC(C)O)CC3CC3)c(C)nn2-c2ccccc2)c1. The molecule has 1 aliphatic rings. The summed E-state index contributed by atoms with van der Waals surface area (Å²) >= 11 is 0. The summed E-state index contributed by atoms with van der Waals surface area (Å²) in [5.74, 6) is 2.29. The highest BCUT2D eigenvalue weighted by Crippen LogP contribution is 2.34. The van der Waals surface area contributed by atoms with Crippen molar-refractivity contribution in [3.8, 4) is 17.3 Å². The summed E-state index contributed by atoms with van der Waals surface area (Å²) in [7, 11) is 0. The number of para-hydroxylation sites is 1. The van der Waals surface area contributed by atoms with E-state index in [1.807, 2.05) is 67.1 Å². The van der Waals surface area contributed by atoms with E-state index in [9.17, 15) is 5.11 Å². The molecular formula is C25H31N3O2. The fraction of sp³-hybridized carbons (Fsp3) is 0.400. The number of rotatable bonds is 9. The lowest BCUT2D eigenvalue weighted by atomic mass is 10.2. The van der Waals surface area contributed by atoms with Crippen molar-refractivity contribution in [3.05, 3.63) is 71.4 Å². The summed E-state index contributed by atoms with van der Waals surface area (Å²) in [6.45, 7) is 8.32. The van der Waals surface area contributed by atoms with Crippen LogP contribution in [0.4, 0.5) is 0 Å². The summed E-state index contributed by atoms with van der Waals surface area (Å²) in [4.78, 5) is 2.34. The second-order valence-electron chi connectivity index (χ2n) is 8.52. The van der Waals surface area contributed by atoms with Gasteiger partial charge in [-0.05, 0) is 69.4 Å². The van der Waals surface area contributed by atoms with Gasteiger partial charge < -0.3 is 9.84 Å². The fourth-order valence-electron chi connectivity index (χ4n) is 3.83. The lowest BCUT2D eigenvalue weighted by molar-refractivity contribution is 0.118. The first-order valence-corrected chi connectivity index (χ1v) is 10.8. The molecule has 1 aliphatic carbocycles. The topological polar surface area (TPSA) is 50.5 Å². The van der Waals surface area contributed by atoms with Crippen molar-refractivity contribution >= 4 is 0 Å². The Morgan fingerprint density at radius 2 is 1.90 bits per heavy atom. The van der Waals surface area contributed by atoms with Crippen LogP contribution in [0.5, 0.6) is 11.6 Å². The summed E-state index contributed by atoms with van der Waals surface area (Å²) in [5, 5.41) is 14.9. The molecule has 4 rings (SSSR count). The Morgan fingerprint density at radius 1 is 1.13 bits per heavy atom. The number of hydrogen-bond donors (Lipinski definition) is 1. The lowest BCUT2D eigenvalue weighted by Crippen LogP contribution is -2.32. The largest absolute Gasteiger partial charge is 0.439 e.